The first-order chi connectivity index (χ1) is 8.97. The maximum atomic E-state index is 12.1. The molecule has 1 aliphatic rings. The van der Waals surface area contributed by atoms with E-state index in [1.54, 1.807) is 6.07 Å². The minimum absolute atomic E-state index is 0.300. The van der Waals surface area contributed by atoms with Crippen molar-refractivity contribution < 1.29 is 14.7 Å². The van der Waals surface area contributed by atoms with Crippen LogP contribution in [0.4, 0.5) is 0 Å². The Bertz CT molecular complexity index is 506. The second-order valence-electron chi connectivity index (χ2n) is 5.36. The summed E-state index contributed by atoms with van der Waals surface area (Å²) in [4.78, 5) is 23.3. The Hall–Kier alpha value is -1.84. The van der Waals surface area contributed by atoms with Gasteiger partial charge < -0.3 is 10.4 Å². The van der Waals surface area contributed by atoms with Crippen molar-refractivity contribution in [3.63, 3.8) is 0 Å². The van der Waals surface area contributed by atoms with Crippen molar-refractivity contribution in [3.8, 4) is 0 Å². The molecule has 1 unspecified atom stereocenters. The van der Waals surface area contributed by atoms with E-state index in [0.29, 0.717) is 17.9 Å². The van der Waals surface area contributed by atoms with Crippen LogP contribution in [-0.4, -0.2) is 23.0 Å². The molecule has 0 saturated heterocycles. The maximum Gasteiger partial charge on any atom is 0.326 e. The summed E-state index contributed by atoms with van der Waals surface area (Å²) in [6.45, 7) is 3.82. The quantitative estimate of drug-likeness (QED) is 0.854. The summed E-state index contributed by atoms with van der Waals surface area (Å²) in [6.07, 6.45) is 2.68. The van der Waals surface area contributed by atoms with Gasteiger partial charge in [0.25, 0.3) is 5.91 Å². The van der Waals surface area contributed by atoms with E-state index in [1.165, 1.54) is 0 Å². The van der Waals surface area contributed by atoms with Gasteiger partial charge in [-0.15, -0.1) is 0 Å². The molecule has 1 amide bonds. The van der Waals surface area contributed by atoms with Gasteiger partial charge in [-0.3, -0.25) is 4.79 Å². The highest BCUT2D eigenvalue weighted by Gasteiger charge is 2.30. The first-order valence-electron chi connectivity index (χ1n) is 6.58. The summed E-state index contributed by atoms with van der Waals surface area (Å²) in [5, 5.41) is 11.8. The molecule has 0 bridgehead atoms. The van der Waals surface area contributed by atoms with Gasteiger partial charge in [-0.25, -0.2) is 4.79 Å². The van der Waals surface area contributed by atoms with Gasteiger partial charge in [-0.1, -0.05) is 30.5 Å². The Morgan fingerprint density at radius 2 is 2.05 bits per heavy atom. The maximum absolute atomic E-state index is 12.1. The average Bonchev–Trinajstić information content (AvgIpc) is 3.11. The number of benzene rings is 1. The van der Waals surface area contributed by atoms with Gasteiger partial charge in [0.05, 0.1) is 0 Å². The van der Waals surface area contributed by atoms with E-state index < -0.39 is 12.0 Å². The lowest BCUT2D eigenvalue weighted by Gasteiger charge is -2.15. The molecule has 1 aromatic rings. The summed E-state index contributed by atoms with van der Waals surface area (Å²) >= 11 is 0. The zero-order valence-electron chi connectivity index (χ0n) is 11.3. The van der Waals surface area contributed by atoms with Gasteiger partial charge in [0.1, 0.15) is 6.04 Å². The average molecular weight is 261 g/mol. The van der Waals surface area contributed by atoms with E-state index in [9.17, 15) is 9.59 Å². The standard InChI is InChI=1S/C15H19NO3/c1-9-3-6-12(10(2)7-9)14(17)16-13(15(18)19)8-11-4-5-11/h3,6-7,11,13H,4-5,8H2,1-2H3,(H,16,17)(H,18,19). The van der Waals surface area contributed by atoms with Gasteiger partial charge in [-0.05, 0) is 37.8 Å². The van der Waals surface area contributed by atoms with Crippen LogP contribution in [0, 0.1) is 19.8 Å². The molecule has 0 spiro atoms. The smallest absolute Gasteiger partial charge is 0.326 e. The van der Waals surface area contributed by atoms with Gasteiger partial charge in [-0.2, -0.15) is 0 Å². The molecule has 1 saturated carbocycles. The van der Waals surface area contributed by atoms with Crippen molar-refractivity contribution in [3.05, 3.63) is 34.9 Å². The van der Waals surface area contributed by atoms with Gasteiger partial charge in [0.15, 0.2) is 0 Å². The van der Waals surface area contributed by atoms with Crippen LogP contribution in [0.25, 0.3) is 0 Å². The van der Waals surface area contributed by atoms with Crippen LogP contribution in [0.3, 0.4) is 0 Å². The summed E-state index contributed by atoms with van der Waals surface area (Å²) in [7, 11) is 0. The Balaban J connectivity index is 2.07. The van der Waals surface area contributed by atoms with Crippen molar-refractivity contribution in [2.75, 3.05) is 0 Å². The van der Waals surface area contributed by atoms with Crippen molar-refractivity contribution in [2.45, 2.75) is 39.2 Å². The fourth-order valence-electron chi connectivity index (χ4n) is 2.21. The minimum Gasteiger partial charge on any atom is -0.480 e. The molecule has 0 aromatic heterocycles. The zero-order valence-corrected chi connectivity index (χ0v) is 11.3. The molecular formula is C15H19NO3. The number of rotatable bonds is 5. The van der Waals surface area contributed by atoms with Crippen LogP contribution in [-0.2, 0) is 4.79 Å². The van der Waals surface area contributed by atoms with Gasteiger partial charge in [0, 0.05) is 5.56 Å². The largest absolute Gasteiger partial charge is 0.480 e. The molecule has 4 heteroatoms. The summed E-state index contributed by atoms with van der Waals surface area (Å²) < 4.78 is 0. The number of hydrogen-bond acceptors (Lipinski definition) is 2. The number of nitrogens with one attached hydrogen (secondary N) is 1. The molecule has 1 fully saturated rings. The normalized spacial score (nSPS) is 15.9. The fraction of sp³-hybridized carbons (Fsp3) is 0.467. The monoisotopic (exact) mass is 261 g/mol. The highest BCUT2D eigenvalue weighted by molar-refractivity contribution is 5.97. The molecule has 19 heavy (non-hydrogen) atoms. The van der Waals surface area contributed by atoms with Crippen molar-refractivity contribution in [2.24, 2.45) is 5.92 Å². The third kappa shape index (κ3) is 3.56. The molecular weight excluding hydrogens is 242 g/mol. The lowest BCUT2D eigenvalue weighted by Crippen LogP contribution is -2.41. The second-order valence-corrected chi connectivity index (χ2v) is 5.36. The summed E-state index contributed by atoms with van der Waals surface area (Å²) in [6, 6.07) is 4.75. The van der Waals surface area contributed by atoms with Crippen molar-refractivity contribution >= 4 is 11.9 Å². The van der Waals surface area contributed by atoms with Crippen LogP contribution >= 0.6 is 0 Å². The minimum atomic E-state index is -0.954. The number of hydrogen-bond donors (Lipinski definition) is 2. The molecule has 102 valence electrons. The highest BCUT2D eigenvalue weighted by atomic mass is 16.4. The topological polar surface area (TPSA) is 66.4 Å². The predicted octanol–water partition coefficient (Wildman–Crippen LogP) is 2.29. The SMILES string of the molecule is Cc1ccc(C(=O)NC(CC2CC2)C(=O)O)c(C)c1. The molecule has 2 N–H and O–H groups in total. The molecule has 2 rings (SSSR count). The van der Waals surface area contributed by atoms with E-state index in [4.69, 9.17) is 5.11 Å². The van der Waals surface area contributed by atoms with Crippen LogP contribution in [0.1, 0.15) is 40.7 Å². The predicted molar refractivity (Wildman–Crippen MR) is 72.1 cm³/mol. The first-order valence-corrected chi connectivity index (χ1v) is 6.58. The van der Waals surface area contributed by atoms with Crippen molar-refractivity contribution in [1.82, 2.24) is 5.32 Å². The lowest BCUT2D eigenvalue weighted by atomic mass is 10.0. The molecule has 4 nitrogen and oxygen atoms in total. The molecule has 0 aliphatic heterocycles. The van der Waals surface area contributed by atoms with Gasteiger partial charge in [0.2, 0.25) is 0 Å². The first kappa shape index (κ1) is 13.6. The van der Waals surface area contributed by atoms with Crippen LogP contribution in [0.15, 0.2) is 18.2 Å². The van der Waals surface area contributed by atoms with Crippen LogP contribution < -0.4 is 5.32 Å². The van der Waals surface area contributed by atoms with Crippen molar-refractivity contribution in [1.29, 1.82) is 0 Å². The van der Waals surface area contributed by atoms with E-state index >= 15 is 0 Å². The number of amides is 1. The third-order valence-corrected chi connectivity index (χ3v) is 3.50. The number of carboxylic acid groups (broad SMARTS) is 1. The third-order valence-electron chi connectivity index (χ3n) is 3.50. The second kappa shape index (κ2) is 5.43. The lowest BCUT2D eigenvalue weighted by molar-refractivity contribution is -0.139. The molecule has 1 aromatic carbocycles. The summed E-state index contributed by atoms with van der Waals surface area (Å²) in [5.41, 5.74) is 2.50. The Kier molecular flexibility index (Phi) is 3.88. The Labute approximate surface area is 112 Å². The molecule has 0 radical (unpaired) electrons. The zero-order chi connectivity index (χ0) is 14.0. The fourth-order valence-corrected chi connectivity index (χ4v) is 2.21. The number of carbonyl (C=O) groups excluding carboxylic acids is 1. The number of carboxylic acids is 1. The van der Waals surface area contributed by atoms with E-state index in [1.807, 2.05) is 26.0 Å². The molecule has 0 heterocycles. The van der Waals surface area contributed by atoms with Crippen LogP contribution in [0.2, 0.25) is 0 Å². The van der Waals surface area contributed by atoms with E-state index in [2.05, 4.69) is 5.32 Å². The van der Waals surface area contributed by atoms with Crippen LogP contribution in [0.5, 0.6) is 0 Å². The number of aliphatic carboxylic acids is 1. The summed E-state index contributed by atoms with van der Waals surface area (Å²) in [5.74, 6) is -0.795. The number of aryl methyl sites for hydroxylation is 2. The number of carbonyl (C=O) groups is 2. The molecule has 1 atom stereocenters. The van der Waals surface area contributed by atoms with Gasteiger partial charge >= 0.3 is 5.97 Å². The van der Waals surface area contributed by atoms with E-state index in [0.717, 1.165) is 24.0 Å². The Morgan fingerprint density at radius 3 is 2.58 bits per heavy atom. The highest BCUT2D eigenvalue weighted by Crippen LogP contribution is 2.33. The van der Waals surface area contributed by atoms with E-state index in [-0.39, 0.29) is 5.91 Å². The molecule has 1 aliphatic carbocycles. The Morgan fingerprint density at radius 1 is 1.37 bits per heavy atom.